The average Bonchev–Trinajstić information content (AvgIpc) is 2.37. The summed E-state index contributed by atoms with van der Waals surface area (Å²) in [4.78, 5) is 24.9. The van der Waals surface area contributed by atoms with Gasteiger partial charge in [-0.05, 0) is 25.1 Å². The zero-order valence-electron chi connectivity index (χ0n) is 10.4. The lowest BCUT2D eigenvalue weighted by Crippen LogP contribution is -2.40. The number of carbonyl (C=O) groups excluding carboxylic acids is 2. The van der Waals surface area contributed by atoms with Crippen molar-refractivity contribution in [1.29, 1.82) is 0 Å². The van der Waals surface area contributed by atoms with Gasteiger partial charge in [-0.1, -0.05) is 0 Å². The van der Waals surface area contributed by atoms with Crippen molar-refractivity contribution in [2.24, 2.45) is 0 Å². The van der Waals surface area contributed by atoms with Gasteiger partial charge >= 0.3 is 0 Å². The first-order valence-electron chi connectivity index (χ1n) is 5.70. The van der Waals surface area contributed by atoms with E-state index in [0.29, 0.717) is 30.2 Å². The molecule has 1 heterocycles. The van der Waals surface area contributed by atoms with Gasteiger partial charge < -0.3 is 14.4 Å². The number of carbonyl (C=O) groups is 2. The molecule has 2 rings (SSSR count). The Morgan fingerprint density at radius 2 is 2.22 bits per heavy atom. The maximum atomic E-state index is 11.9. The molecule has 1 aromatic rings. The lowest BCUT2D eigenvalue weighted by atomic mass is 10.1. The number of Topliss-reactive ketones (excluding diaryl/α,β-unsaturated/α-hetero) is 1. The molecular weight excluding hydrogens is 234 g/mol. The highest BCUT2D eigenvalue weighted by Crippen LogP contribution is 2.32. The Balaban J connectivity index is 2.37. The van der Waals surface area contributed by atoms with E-state index in [-0.39, 0.29) is 18.3 Å². The predicted octanol–water partition coefficient (Wildman–Crippen LogP) is 1.26. The molecule has 0 N–H and O–H groups in total. The van der Waals surface area contributed by atoms with E-state index in [9.17, 15) is 9.59 Å². The third-order valence-electron chi connectivity index (χ3n) is 2.80. The van der Waals surface area contributed by atoms with Crippen LogP contribution in [0.4, 0.5) is 5.69 Å². The summed E-state index contributed by atoms with van der Waals surface area (Å²) in [6.45, 7) is 2.43. The molecule has 0 aliphatic carbocycles. The molecule has 18 heavy (non-hydrogen) atoms. The summed E-state index contributed by atoms with van der Waals surface area (Å²) in [5, 5.41) is 0. The molecular formula is C13H15NO4. The van der Waals surface area contributed by atoms with E-state index < -0.39 is 0 Å². The van der Waals surface area contributed by atoms with Crippen molar-refractivity contribution in [3.8, 4) is 5.75 Å². The first kappa shape index (κ1) is 12.6. The fourth-order valence-electron chi connectivity index (χ4n) is 1.90. The smallest absolute Gasteiger partial charge is 0.253 e. The summed E-state index contributed by atoms with van der Waals surface area (Å²) >= 11 is 0. The fraction of sp³-hybridized carbons (Fsp3) is 0.385. The molecule has 0 spiro atoms. The van der Waals surface area contributed by atoms with Crippen LogP contribution in [0.1, 0.15) is 17.3 Å². The number of ether oxygens (including phenoxy) is 2. The fourth-order valence-corrected chi connectivity index (χ4v) is 1.90. The average molecular weight is 249 g/mol. The predicted molar refractivity (Wildman–Crippen MR) is 66.2 cm³/mol. The number of hydrogen-bond acceptors (Lipinski definition) is 4. The number of amides is 1. The number of nitrogens with zero attached hydrogens (tertiary/aromatic N) is 1. The van der Waals surface area contributed by atoms with Crippen molar-refractivity contribution in [1.82, 2.24) is 0 Å². The largest absolute Gasteiger partial charge is 0.490 e. The monoisotopic (exact) mass is 249 g/mol. The minimum atomic E-state index is -0.136. The maximum Gasteiger partial charge on any atom is 0.253 e. The summed E-state index contributed by atoms with van der Waals surface area (Å²) in [6.07, 6.45) is 0. The van der Waals surface area contributed by atoms with Gasteiger partial charge in [0, 0.05) is 12.7 Å². The number of hydrogen-bond donors (Lipinski definition) is 0. The summed E-state index contributed by atoms with van der Waals surface area (Å²) < 4.78 is 10.3. The van der Waals surface area contributed by atoms with E-state index in [1.54, 1.807) is 23.1 Å². The Morgan fingerprint density at radius 1 is 1.44 bits per heavy atom. The van der Waals surface area contributed by atoms with Gasteiger partial charge in [-0.2, -0.15) is 0 Å². The third kappa shape index (κ3) is 2.36. The number of methoxy groups -OCH3 is 1. The van der Waals surface area contributed by atoms with Crippen molar-refractivity contribution >= 4 is 17.4 Å². The van der Waals surface area contributed by atoms with E-state index in [2.05, 4.69) is 0 Å². The molecule has 1 aliphatic heterocycles. The van der Waals surface area contributed by atoms with Crippen LogP contribution in [-0.2, 0) is 9.53 Å². The van der Waals surface area contributed by atoms with E-state index in [1.165, 1.54) is 14.0 Å². The Kier molecular flexibility index (Phi) is 3.62. The minimum Gasteiger partial charge on any atom is -0.490 e. The van der Waals surface area contributed by atoms with Crippen LogP contribution in [0.3, 0.4) is 0 Å². The van der Waals surface area contributed by atoms with E-state index in [4.69, 9.17) is 9.47 Å². The molecule has 5 nitrogen and oxygen atoms in total. The number of benzene rings is 1. The first-order chi connectivity index (χ1) is 8.63. The third-order valence-corrected chi connectivity index (χ3v) is 2.80. The Morgan fingerprint density at radius 3 is 2.89 bits per heavy atom. The Hall–Kier alpha value is -1.88. The molecule has 1 amide bonds. The molecule has 96 valence electrons. The van der Waals surface area contributed by atoms with E-state index in [0.717, 1.165) is 0 Å². The van der Waals surface area contributed by atoms with Crippen LogP contribution in [-0.4, -0.2) is 38.6 Å². The number of ketones is 1. The maximum absolute atomic E-state index is 11.9. The minimum absolute atomic E-state index is 0.0176. The van der Waals surface area contributed by atoms with Gasteiger partial charge in [-0.15, -0.1) is 0 Å². The topological polar surface area (TPSA) is 55.8 Å². The summed E-state index contributed by atoms with van der Waals surface area (Å²) in [7, 11) is 1.48. The zero-order chi connectivity index (χ0) is 13.1. The highest BCUT2D eigenvalue weighted by Gasteiger charge is 2.24. The highest BCUT2D eigenvalue weighted by molar-refractivity contribution is 6.00. The molecule has 1 aromatic carbocycles. The van der Waals surface area contributed by atoms with Gasteiger partial charge in [0.15, 0.2) is 5.78 Å². The molecule has 5 heteroatoms. The summed E-state index contributed by atoms with van der Waals surface area (Å²) in [5.41, 5.74) is 1.20. The standard InChI is InChI=1S/C13H15NO4/c1-9(15)10-3-4-12-11(7-10)14(5-6-18-12)13(16)8-17-2/h3-4,7H,5-6,8H2,1-2H3. The van der Waals surface area contributed by atoms with E-state index in [1.807, 2.05) is 0 Å². The zero-order valence-corrected chi connectivity index (χ0v) is 10.4. The van der Waals surface area contributed by atoms with Crippen LogP contribution in [0.15, 0.2) is 18.2 Å². The second-order valence-corrected chi connectivity index (χ2v) is 4.07. The van der Waals surface area contributed by atoms with Gasteiger partial charge in [0.2, 0.25) is 0 Å². The summed E-state index contributed by atoms with van der Waals surface area (Å²) in [5.74, 6) is 0.445. The number of fused-ring (bicyclic) bond motifs is 1. The van der Waals surface area contributed by atoms with Crippen molar-refractivity contribution in [3.05, 3.63) is 23.8 Å². The van der Waals surface area contributed by atoms with Crippen LogP contribution in [0.25, 0.3) is 0 Å². The van der Waals surface area contributed by atoms with E-state index >= 15 is 0 Å². The Bertz CT molecular complexity index is 484. The van der Waals surface area contributed by atoms with Gasteiger partial charge in [0.05, 0.1) is 12.2 Å². The van der Waals surface area contributed by atoms with Crippen LogP contribution in [0.2, 0.25) is 0 Å². The quantitative estimate of drug-likeness (QED) is 0.757. The molecule has 0 aromatic heterocycles. The van der Waals surface area contributed by atoms with Gasteiger partial charge in [-0.3, -0.25) is 9.59 Å². The highest BCUT2D eigenvalue weighted by atomic mass is 16.5. The molecule has 0 atom stereocenters. The second-order valence-electron chi connectivity index (χ2n) is 4.07. The van der Waals surface area contributed by atoms with Crippen LogP contribution >= 0.6 is 0 Å². The summed E-state index contributed by atoms with van der Waals surface area (Å²) in [6, 6.07) is 5.11. The number of rotatable bonds is 3. The van der Waals surface area contributed by atoms with Crippen molar-refractivity contribution in [2.45, 2.75) is 6.92 Å². The van der Waals surface area contributed by atoms with Gasteiger partial charge in [0.25, 0.3) is 5.91 Å². The molecule has 0 saturated heterocycles. The normalized spacial score (nSPS) is 13.8. The molecule has 0 saturated carbocycles. The van der Waals surface area contributed by atoms with Gasteiger partial charge in [-0.25, -0.2) is 0 Å². The SMILES string of the molecule is COCC(=O)N1CCOc2ccc(C(C)=O)cc21. The van der Waals surface area contributed by atoms with Gasteiger partial charge in [0.1, 0.15) is 19.0 Å². The molecule has 0 bridgehead atoms. The van der Waals surface area contributed by atoms with Crippen LogP contribution in [0, 0.1) is 0 Å². The van der Waals surface area contributed by atoms with Crippen molar-refractivity contribution in [3.63, 3.8) is 0 Å². The van der Waals surface area contributed by atoms with Crippen LogP contribution in [0.5, 0.6) is 5.75 Å². The first-order valence-corrected chi connectivity index (χ1v) is 5.70. The molecule has 0 unspecified atom stereocenters. The van der Waals surface area contributed by atoms with Crippen LogP contribution < -0.4 is 9.64 Å². The number of anilines is 1. The van der Waals surface area contributed by atoms with Crippen molar-refractivity contribution < 1.29 is 19.1 Å². The molecule has 0 radical (unpaired) electrons. The second kappa shape index (κ2) is 5.18. The van der Waals surface area contributed by atoms with Crippen molar-refractivity contribution in [2.75, 3.05) is 31.8 Å². The molecule has 0 fully saturated rings. The lowest BCUT2D eigenvalue weighted by Gasteiger charge is -2.29. The lowest BCUT2D eigenvalue weighted by molar-refractivity contribution is -0.122. The Labute approximate surface area is 105 Å². The molecule has 1 aliphatic rings.